The third kappa shape index (κ3) is 8.24. The Morgan fingerprint density at radius 2 is 1.22 bits per heavy atom. The Morgan fingerprint density at radius 1 is 0.778 bits per heavy atom. The summed E-state index contributed by atoms with van der Waals surface area (Å²) in [5.74, 6) is -0.808. The average Bonchev–Trinajstić information content (AvgIpc) is 2.24. The van der Waals surface area contributed by atoms with Crippen molar-refractivity contribution in [1.82, 2.24) is 0 Å². The lowest BCUT2D eigenvalue weighted by atomic mass is 10.2. The lowest BCUT2D eigenvalue weighted by molar-refractivity contribution is -0.380. The summed E-state index contributed by atoms with van der Waals surface area (Å²) in [5, 5.41) is 0. The van der Waals surface area contributed by atoms with Crippen LogP contribution >= 0.6 is 0 Å². The molecule has 0 saturated carbocycles. The zero-order valence-electron chi connectivity index (χ0n) is 13.2. The second-order valence-corrected chi connectivity index (χ2v) is 11.4. The lowest BCUT2D eigenvalue weighted by Gasteiger charge is -2.32. The summed E-state index contributed by atoms with van der Waals surface area (Å²) in [5.41, 5.74) is 0. The Labute approximate surface area is 114 Å². The minimum atomic E-state index is -0.932. The van der Waals surface area contributed by atoms with Crippen LogP contribution in [0.2, 0.25) is 25.7 Å². The van der Waals surface area contributed by atoms with Crippen LogP contribution < -0.4 is 0 Å². The molecule has 0 rings (SSSR count). The highest BCUT2D eigenvalue weighted by Gasteiger charge is 2.31. The Morgan fingerprint density at radius 3 is 1.56 bits per heavy atom. The first kappa shape index (κ1) is 18.1. The number of rotatable bonds is 11. The Kier molecular flexibility index (Phi) is 9.12. The van der Waals surface area contributed by atoms with Crippen molar-refractivity contribution in [2.75, 3.05) is 19.8 Å². The van der Waals surface area contributed by atoms with Gasteiger partial charge < -0.3 is 14.2 Å². The monoisotopic (exact) mass is 276 g/mol. The van der Waals surface area contributed by atoms with Crippen LogP contribution in [-0.2, 0) is 14.2 Å². The zero-order chi connectivity index (χ0) is 14.1. The molecule has 0 unspecified atom stereocenters. The maximum atomic E-state index is 5.71. The molecule has 0 amide bonds. The normalized spacial score (nSPS) is 13.0. The topological polar surface area (TPSA) is 27.7 Å². The fraction of sp³-hybridized carbons (Fsp3) is 1.00. The predicted molar refractivity (Wildman–Crippen MR) is 79.6 cm³/mol. The first-order valence-electron chi connectivity index (χ1n) is 7.31. The first-order valence-corrected chi connectivity index (χ1v) is 11.0. The van der Waals surface area contributed by atoms with E-state index < -0.39 is 14.0 Å². The van der Waals surface area contributed by atoms with Crippen LogP contribution in [0.3, 0.4) is 0 Å². The van der Waals surface area contributed by atoms with Crippen LogP contribution in [0.15, 0.2) is 0 Å². The van der Waals surface area contributed by atoms with Gasteiger partial charge in [0.15, 0.2) is 0 Å². The molecule has 0 atom stereocenters. The molecule has 18 heavy (non-hydrogen) atoms. The van der Waals surface area contributed by atoms with Gasteiger partial charge in [0.25, 0.3) is 5.97 Å². The van der Waals surface area contributed by atoms with Crippen LogP contribution in [0.4, 0.5) is 0 Å². The van der Waals surface area contributed by atoms with Gasteiger partial charge >= 0.3 is 0 Å². The second kappa shape index (κ2) is 9.07. The molecular formula is C14H32O3Si. The van der Waals surface area contributed by atoms with Crippen molar-refractivity contribution in [2.45, 2.75) is 71.7 Å². The van der Waals surface area contributed by atoms with Gasteiger partial charge in [-0.15, -0.1) is 0 Å². The Hall–Kier alpha value is 0.0969. The molecule has 0 aromatic rings. The standard InChI is InChI=1S/C14H32O3Si/c1-7-15-14(16-8-2,17-9-3)12-10-11-13-18(4,5)6/h7-13H2,1-6H3. The van der Waals surface area contributed by atoms with Crippen molar-refractivity contribution < 1.29 is 14.2 Å². The molecule has 0 radical (unpaired) electrons. The Bertz CT molecular complexity index is 185. The molecule has 0 spiro atoms. The minimum absolute atomic E-state index is 0.619. The van der Waals surface area contributed by atoms with Crippen LogP contribution in [0.5, 0.6) is 0 Å². The summed E-state index contributed by atoms with van der Waals surface area (Å²) in [7, 11) is -0.932. The van der Waals surface area contributed by atoms with E-state index in [0.717, 1.165) is 12.8 Å². The molecule has 0 bridgehead atoms. The fourth-order valence-corrected chi connectivity index (χ4v) is 3.31. The van der Waals surface area contributed by atoms with Gasteiger partial charge in [-0.2, -0.15) is 0 Å². The second-order valence-electron chi connectivity index (χ2n) is 5.75. The fourth-order valence-electron chi connectivity index (χ4n) is 2.00. The SMILES string of the molecule is CCOC(CCCC[Si](C)(C)C)(OCC)OCC. The summed E-state index contributed by atoms with van der Waals surface area (Å²) in [6.45, 7) is 15.0. The largest absolute Gasteiger partial charge is 0.328 e. The number of ether oxygens (including phenoxy) is 3. The van der Waals surface area contributed by atoms with E-state index in [1.807, 2.05) is 20.8 Å². The molecule has 0 aromatic carbocycles. The molecule has 0 heterocycles. The van der Waals surface area contributed by atoms with E-state index in [4.69, 9.17) is 14.2 Å². The molecule has 0 aromatic heterocycles. The van der Waals surface area contributed by atoms with Gasteiger partial charge in [-0.3, -0.25) is 0 Å². The maximum Gasteiger partial charge on any atom is 0.282 e. The van der Waals surface area contributed by atoms with Gasteiger partial charge in [0, 0.05) is 34.3 Å². The van der Waals surface area contributed by atoms with Crippen molar-refractivity contribution in [3.05, 3.63) is 0 Å². The van der Waals surface area contributed by atoms with Crippen LogP contribution in [0, 0.1) is 0 Å². The van der Waals surface area contributed by atoms with Crippen LogP contribution in [0.1, 0.15) is 40.0 Å². The molecule has 0 saturated heterocycles. The number of unbranched alkanes of at least 4 members (excludes halogenated alkanes) is 1. The van der Waals surface area contributed by atoms with Gasteiger partial charge in [0.2, 0.25) is 0 Å². The molecule has 0 N–H and O–H groups in total. The van der Waals surface area contributed by atoms with Gasteiger partial charge in [-0.1, -0.05) is 32.1 Å². The molecule has 110 valence electrons. The highest BCUT2D eigenvalue weighted by molar-refractivity contribution is 6.76. The summed E-state index contributed by atoms with van der Waals surface area (Å²) in [6, 6.07) is 1.35. The third-order valence-electron chi connectivity index (χ3n) is 2.75. The van der Waals surface area contributed by atoms with Gasteiger partial charge in [-0.25, -0.2) is 0 Å². The van der Waals surface area contributed by atoms with E-state index in [1.54, 1.807) is 0 Å². The average molecular weight is 276 g/mol. The molecular weight excluding hydrogens is 244 g/mol. The summed E-state index contributed by atoms with van der Waals surface area (Å²) in [6.07, 6.45) is 3.17. The maximum absolute atomic E-state index is 5.71. The van der Waals surface area contributed by atoms with E-state index in [9.17, 15) is 0 Å². The Balaban J connectivity index is 4.21. The van der Waals surface area contributed by atoms with Gasteiger partial charge in [-0.05, 0) is 27.2 Å². The van der Waals surface area contributed by atoms with Gasteiger partial charge in [0.05, 0.1) is 0 Å². The molecule has 0 aliphatic heterocycles. The predicted octanol–water partition coefficient (Wildman–Crippen LogP) is 4.26. The lowest BCUT2D eigenvalue weighted by Crippen LogP contribution is -2.39. The highest BCUT2D eigenvalue weighted by atomic mass is 28.3. The number of hydrogen-bond donors (Lipinski definition) is 0. The summed E-state index contributed by atoms with van der Waals surface area (Å²) >= 11 is 0. The van der Waals surface area contributed by atoms with Gasteiger partial charge in [0.1, 0.15) is 0 Å². The quantitative estimate of drug-likeness (QED) is 0.321. The number of hydrogen-bond acceptors (Lipinski definition) is 3. The first-order chi connectivity index (χ1) is 8.39. The third-order valence-corrected chi connectivity index (χ3v) is 4.61. The molecule has 0 fully saturated rings. The highest BCUT2D eigenvalue weighted by Crippen LogP contribution is 2.25. The summed E-state index contributed by atoms with van der Waals surface area (Å²) < 4.78 is 17.1. The molecule has 4 heteroatoms. The van der Waals surface area contributed by atoms with E-state index in [0.29, 0.717) is 19.8 Å². The molecule has 0 aliphatic rings. The van der Waals surface area contributed by atoms with Crippen LogP contribution in [-0.4, -0.2) is 33.9 Å². The van der Waals surface area contributed by atoms with Crippen molar-refractivity contribution >= 4 is 8.07 Å². The van der Waals surface area contributed by atoms with Crippen molar-refractivity contribution in [3.8, 4) is 0 Å². The molecule has 3 nitrogen and oxygen atoms in total. The van der Waals surface area contributed by atoms with Crippen LogP contribution in [0.25, 0.3) is 0 Å². The van der Waals surface area contributed by atoms with E-state index in [2.05, 4.69) is 19.6 Å². The van der Waals surface area contributed by atoms with Crippen molar-refractivity contribution in [2.24, 2.45) is 0 Å². The smallest absolute Gasteiger partial charge is 0.282 e. The van der Waals surface area contributed by atoms with Crippen molar-refractivity contribution in [1.29, 1.82) is 0 Å². The van der Waals surface area contributed by atoms with E-state index in [1.165, 1.54) is 12.5 Å². The van der Waals surface area contributed by atoms with E-state index >= 15 is 0 Å². The van der Waals surface area contributed by atoms with E-state index in [-0.39, 0.29) is 0 Å². The molecule has 0 aliphatic carbocycles. The zero-order valence-corrected chi connectivity index (χ0v) is 14.2. The van der Waals surface area contributed by atoms with Crippen molar-refractivity contribution in [3.63, 3.8) is 0 Å². The minimum Gasteiger partial charge on any atom is -0.328 e. The summed E-state index contributed by atoms with van der Waals surface area (Å²) in [4.78, 5) is 0.